The van der Waals surface area contributed by atoms with Gasteiger partial charge in [0.25, 0.3) is 0 Å². The van der Waals surface area contributed by atoms with E-state index in [9.17, 15) is 40.7 Å². The first-order chi connectivity index (χ1) is 12.3. The van der Waals surface area contributed by atoms with Gasteiger partial charge in [-0.25, -0.2) is 4.79 Å². The first-order valence-electron chi connectivity index (χ1n) is 6.78. The molecule has 0 spiro atoms. The van der Waals surface area contributed by atoms with Crippen LogP contribution in [0.25, 0.3) is 0 Å². The van der Waals surface area contributed by atoms with Crippen LogP contribution < -0.4 is 10.6 Å². The molecule has 2 heterocycles. The zero-order valence-electron chi connectivity index (χ0n) is 13.0. The lowest BCUT2D eigenvalue weighted by Gasteiger charge is -2.06. The molecule has 1 aliphatic rings. The molecule has 0 bridgehead atoms. The van der Waals surface area contributed by atoms with Crippen molar-refractivity contribution >= 4 is 29.2 Å². The second kappa shape index (κ2) is 8.46. The minimum absolute atomic E-state index is 0.151. The fraction of sp³-hybridized carbons (Fsp3) is 0.308. The monoisotopic (exact) mass is 400 g/mol. The minimum atomic E-state index is -5.77. The van der Waals surface area contributed by atoms with E-state index >= 15 is 0 Å². The van der Waals surface area contributed by atoms with Crippen LogP contribution in [0.1, 0.15) is 10.4 Å². The number of aliphatic imine (C=N–C) groups is 1. The van der Waals surface area contributed by atoms with Crippen LogP contribution in [0, 0.1) is 0 Å². The van der Waals surface area contributed by atoms with Gasteiger partial charge in [-0.2, -0.15) is 26.3 Å². The summed E-state index contributed by atoms with van der Waals surface area (Å²) in [6, 6.07) is 1.51. The van der Waals surface area contributed by atoms with Crippen molar-refractivity contribution in [3.63, 3.8) is 0 Å². The molecule has 148 valence electrons. The molecule has 0 saturated carbocycles. The molecule has 2 rings (SSSR count). The van der Waals surface area contributed by atoms with E-state index in [1.165, 1.54) is 12.3 Å². The molecule has 0 aromatic carbocycles. The van der Waals surface area contributed by atoms with Crippen molar-refractivity contribution < 1.29 is 45.8 Å². The van der Waals surface area contributed by atoms with Crippen LogP contribution in [0.3, 0.4) is 0 Å². The highest BCUT2D eigenvalue weighted by molar-refractivity contribution is 6.41. The molecule has 0 radical (unpaired) electrons. The third-order valence-electron chi connectivity index (χ3n) is 2.64. The number of carboxylic acid groups (broad SMARTS) is 1. The number of carbonyl (C=O) groups excluding carboxylic acids is 2. The SMILES string of the molecule is O=C(C(=O)C(F)(F)F)C(F)(F)F.O=C(O)c1cncc(NC2=NCCN2)c1. The molecule has 0 atom stereocenters. The fourth-order valence-electron chi connectivity index (χ4n) is 1.50. The Morgan fingerprint density at radius 2 is 1.59 bits per heavy atom. The lowest BCUT2D eigenvalue weighted by Crippen LogP contribution is -2.39. The number of aromatic nitrogens is 1. The van der Waals surface area contributed by atoms with Crippen molar-refractivity contribution in [1.29, 1.82) is 0 Å². The maximum absolute atomic E-state index is 11.2. The van der Waals surface area contributed by atoms with Gasteiger partial charge in [0.05, 0.1) is 24.0 Å². The van der Waals surface area contributed by atoms with E-state index in [0.717, 1.165) is 13.1 Å². The van der Waals surface area contributed by atoms with E-state index in [4.69, 9.17) is 5.11 Å². The first-order valence-corrected chi connectivity index (χ1v) is 6.78. The van der Waals surface area contributed by atoms with Crippen LogP contribution in [0.4, 0.5) is 32.0 Å². The molecule has 14 heteroatoms. The fourth-order valence-corrected chi connectivity index (χ4v) is 1.50. The van der Waals surface area contributed by atoms with Gasteiger partial charge in [-0.05, 0) is 6.07 Å². The van der Waals surface area contributed by atoms with Gasteiger partial charge in [0.15, 0.2) is 5.96 Å². The van der Waals surface area contributed by atoms with Crippen LogP contribution >= 0.6 is 0 Å². The highest BCUT2D eigenvalue weighted by atomic mass is 19.4. The smallest absolute Gasteiger partial charge is 0.458 e. The second-order valence-corrected chi connectivity index (χ2v) is 4.70. The number of anilines is 1. The predicted octanol–water partition coefficient (Wildman–Crippen LogP) is 1.40. The van der Waals surface area contributed by atoms with E-state index in [1.807, 2.05) is 0 Å². The summed E-state index contributed by atoms with van der Waals surface area (Å²) in [7, 11) is 0. The number of carbonyl (C=O) groups is 3. The van der Waals surface area contributed by atoms with Crippen LogP contribution in [0.2, 0.25) is 0 Å². The quantitative estimate of drug-likeness (QED) is 0.518. The van der Waals surface area contributed by atoms with Crippen LogP contribution in [-0.2, 0) is 9.59 Å². The molecule has 27 heavy (non-hydrogen) atoms. The number of aromatic carboxylic acids is 1. The maximum Gasteiger partial charge on any atom is 0.458 e. The second-order valence-electron chi connectivity index (χ2n) is 4.70. The molecular weight excluding hydrogens is 390 g/mol. The summed E-state index contributed by atoms with van der Waals surface area (Å²) in [5.74, 6) is -7.16. The molecule has 0 unspecified atom stereocenters. The number of rotatable bonds is 3. The predicted molar refractivity (Wildman–Crippen MR) is 77.2 cm³/mol. The van der Waals surface area contributed by atoms with Crippen LogP contribution in [0.15, 0.2) is 23.5 Å². The minimum Gasteiger partial charge on any atom is -0.478 e. The number of nitrogens with zero attached hydrogens (tertiary/aromatic N) is 2. The molecule has 3 N–H and O–H groups in total. The van der Waals surface area contributed by atoms with E-state index in [-0.39, 0.29) is 5.56 Å². The van der Waals surface area contributed by atoms with Gasteiger partial charge in [0.2, 0.25) is 0 Å². The van der Waals surface area contributed by atoms with Gasteiger partial charge in [0, 0.05) is 12.7 Å². The van der Waals surface area contributed by atoms with Crippen molar-refractivity contribution in [2.45, 2.75) is 12.4 Å². The Hall–Kier alpha value is -3.19. The van der Waals surface area contributed by atoms with Gasteiger partial charge in [-0.15, -0.1) is 0 Å². The number of hydrogen-bond acceptors (Lipinski definition) is 7. The molecular formula is C13H10F6N4O4. The van der Waals surface area contributed by atoms with Crippen molar-refractivity contribution in [3.8, 4) is 0 Å². The average molecular weight is 400 g/mol. The Morgan fingerprint density at radius 1 is 1.04 bits per heavy atom. The topological polar surface area (TPSA) is 121 Å². The first kappa shape index (κ1) is 21.9. The third kappa shape index (κ3) is 6.91. The van der Waals surface area contributed by atoms with E-state index in [2.05, 4.69) is 20.6 Å². The molecule has 8 nitrogen and oxygen atoms in total. The van der Waals surface area contributed by atoms with Crippen molar-refractivity contribution in [1.82, 2.24) is 10.3 Å². The Labute approximate surface area is 146 Å². The highest BCUT2D eigenvalue weighted by Crippen LogP contribution is 2.24. The van der Waals surface area contributed by atoms with Gasteiger partial charge >= 0.3 is 29.9 Å². The molecule has 0 saturated heterocycles. The summed E-state index contributed by atoms with van der Waals surface area (Å²) in [4.78, 5) is 37.9. The third-order valence-corrected chi connectivity index (χ3v) is 2.64. The largest absolute Gasteiger partial charge is 0.478 e. The number of guanidine groups is 1. The maximum atomic E-state index is 11.2. The number of nitrogens with one attached hydrogen (secondary N) is 2. The van der Waals surface area contributed by atoms with Crippen molar-refractivity contribution in [2.24, 2.45) is 4.99 Å². The van der Waals surface area contributed by atoms with E-state index in [0.29, 0.717) is 11.6 Å². The lowest BCUT2D eigenvalue weighted by atomic mass is 10.2. The average Bonchev–Trinajstić information content (AvgIpc) is 3.05. The van der Waals surface area contributed by atoms with E-state index < -0.39 is 29.9 Å². The van der Waals surface area contributed by atoms with Crippen molar-refractivity contribution in [3.05, 3.63) is 24.0 Å². The van der Waals surface area contributed by atoms with Gasteiger partial charge in [-0.3, -0.25) is 19.6 Å². The molecule has 0 aliphatic carbocycles. The number of ketones is 2. The zero-order chi connectivity index (χ0) is 20.8. The van der Waals surface area contributed by atoms with Gasteiger partial charge in [-0.1, -0.05) is 0 Å². The number of halogens is 6. The highest BCUT2D eigenvalue weighted by Gasteiger charge is 2.54. The number of Topliss-reactive ketones (excluding diaryl/α,β-unsaturated/α-hetero) is 2. The number of alkyl halides is 6. The number of hydrogen-bond donors (Lipinski definition) is 3. The molecule has 1 aliphatic heterocycles. The number of carboxylic acids is 1. The summed E-state index contributed by atoms with van der Waals surface area (Å²) in [6.45, 7) is 1.53. The molecule has 0 amide bonds. The van der Waals surface area contributed by atoms with Crippen LogP contribution in [0.5, 0.6) is 0 Å². The lowest BCUT2D eigenvalue weighted by molar-refractivity contribution is -0.193. The zero-order valence-corrected chi connectivity index (χ0v) is 13.0. The summed E-state index contributed by atoms with van der Waals surface area (Å²) < 4.78 is 67.0. The summed E-state index contributed by atoms with van der Waals surface area (Å²) >= 11 is 0. The standard InChI is InChI=1S/C9H10N4O2.C4F6O2/c14-8(15)6-3-7(5-10-4-6)13-9-11-1-2-12-9;5-3(6,7)1(11)2(12)4(8,9)10/h3-5H,1-2H2,(H,14,15)(H2,11,12,13);. The molecule has 1 aromatic rings. The Balaban J connectivity index is 0.000000279. The Kier molecular flexibility index (Phi) is 6.85. The number of pyridine rings is 1. The summed E-state index contributed by atoms with van der Waals surface area (Å²) in [5, 5.41) is 14.7. The molecule has 1 aromatic heterocycles. The van der Waals surface area contributed by atoms with Gasteiger partial charge in [0.1, 0.15) is 0 Å². The summed E-state index contributed by atoms with van der Waals surface area (Å²) in [5.41, 5.74) is 0.765. The normalized spacial score (nSPS) is 13.6. The van der Waals surface area contributed by atoms with Gasteiger partial charge < -0.3 is 15.7 Å². The van der Waals surface area contributed by atoms with E-state index in [1.54, 1.807) is 6.20 Å². The Bertz CT molecular complexity index is 736. The Morgan fingerprint density at radius 3 is 2.00 bits per heavy atom. The molecule has 0 fully saturated rings. The summed E-state index contributed by atoms with van der Waals surface area (Å²) in [6.07, 6.45) is -8.69. The van der Waals surface area contributed by atoms with Crippen LogP contribution in [-0.4, -0.2) is 59.0 Å². The van der Waals surface area contributed by atoms with Crippen molar-refractivity contribution in [2.75, 3.05) is 18.4 Å².